The SMILES string of the molecule is Cc1cc(NC(=O)CCCN2C(=O)c3ccccc3C2=O)ccn1. The van der Waals surface area contributed by atoms with Gasteiger partial charge in [0.1, 0.15) is 0 Å². The molecule has 6 heteroatoms. The zero-order valence-electron chi connectivity index (χ0n) is 13.3. The molecule has 0 saturated heterocycles. The molecule has 122 valence electrons. The molecule has 1 N–H and O–H groups in total. The average Bonchev–Trinajstić information content (AvgIpc) is 2.80. The number of amides is 3. The number of fused-ring (bicyclic) bond motifs is 1. The number of benzene rings is 1. The number of nitrogens with zero attached hydrogens (tertiary/aromatic N) is 2. The third kappa shape index (κ3) is 3.17. The molecule has 2 aromatic rings. The number of anilines is 1. The highest BCUT2D eigenvalue weighted by Crippen LogP contribution is 2.22. The zero-order chi connectivity index (χ0) is 17.1. The van der Waals surface area contributed by atoms with Crippen LogP contribution in [0.2, 0.25) is 0 Å². The lowest BCUT2D eigenvalue weighted by Gasteiger charge is -2.13. The van der Waals surface area contributed by atoms with E-state index in [1.165, 1.54) is 4.90 Å². The molecule has 24 heavy (non-hydrogen) atoms. The number of aryl methyl sites for hydroxylation is 1. The molecule has 0 radical (unpaired) electrons. The molecular formula is C18H17N3O3. The van der Waals surface area contributed by atoms with Crippen molar-refractivity contribution < 1.29 is 14.4 Å². The van der Waals surface area contributed by atoms with Crippen LogP contribution in [0.5, 0.6) is 0 Å². The fourth-order valence-corrected chi connectivity index (χ4v) is 2.69. The summed E-state index contributed by atoms with van der Waals surface area (Å²) in [6.07, 6.45) is 2.28. The quantitative estimate of drug-likeness (QED) is 0.857. The number of aromatic nitrogens is 1. The first-order valence-electron chi connectivity index (χ1n) is 7.74. The Kier molecular flexibility index (Phi) is 4.37. The van der Waals surface area contributed by atoms with Crippen molar-refractivity contribution in [1.82, 2.24) is 9.88 Å². The van der Waals surface area contributed by atoms with Gasteiger partial charge in [-0.3, -0.25) is 24.3 Å². The number of hydrogen-bond donors (Lipinski definition) is 1. The van der Waals surface area contributed by atoms with Crippen molar-refractivity contribution >= 4 is 23.4 Å². The average molecular weight is 323 g/mol. The van der Waals surface area contributed by atoms with Gasteiger partial charge in [0.25, 0.3) is 11.8 Å². The maximum atomic E-state index is 12.2. The Morgan fingerprint density at radius 1 is 1.12 bits per heavy atom. The van der Waals surface area contributed by atoms with Gasteiger partial charge in [-0.15, -0.1) is 0 Å². The second kappa shape index (κ2) is 6.62. The van der Waals surface area contributed by atoms with Crippen molar-refractivity contribution in [3.05, 3.63) is 59.4 Å². The Hall–Kier alpha value is -3.02. The van der Waals surface area contributed by atoms with E-state index in [9.17, 15) is 14.4 Å². The van der Waals surface area contributed by atoms with Crippen LogP contribution in [-0.4, -0.2) is 34.2 Å². The number of hydrogen-bond acceptors (Lipinski definition) is 4. The first-order valence-corrected chi connectivity index (χ1v) is 7.74. The van der Waals surface area contributed by atoms with Crippen molar-refractivity contribution in [3.63, 3.8) is 0 Å². The Balaban J connectivity index is 1.53. The number of imide groups is 1. The van der Waals surface area contributed by atoms with Crippen molar-refractivity contribution in [1.29, 1.82) is 0 Å². The topological polar surface area (TPSA) is 79.4 Å². The van der Waals surface area contributed by atoms with E-state index in [1.807, 2.05) is 6.92 Å². The van der Waals surface area contributed by atoms with Gasteiger partial charge in [-0.1, -0.05) is 12.1 Å². The predicted octanol–water partition coefficient (Wildman–Crippen LogP) is 2.40. The molecule has 1 aliphatic heterocycles. The molecule has 6 nitrogen and oxygen atoms in total. The summed E-state index contributed by atoms with van der Waals surface area (Å²) in [5, 5.41) is 2.78. The standard InChI is InChI=1S/C18H17N3O3/c1-12-11-13(8-9-19-12)20-16(22)7-4-10-21-17(23)14-5-2-3-6-15(14)18(21)24/h2-3,5-6,8-9,11H,4,7,10H2,1H3,(H,19,20,22). The van der Waals surface area contributed by atoms with E-state index in [2.05, 4.69) is 10.3 Å². The third-order valence-electron chi connectivity index (χ3n) is 3.84. The smallest absolute Gasteiger partial charge is 0.261 e. The Morgan fingerprint density at radius 3 is 2.42 bits per heavy atom. The number of pyridine rings is 1. The highest BCUT2D eigenvalue weighted by atomic mass is 16.2. The largest absolute Gasteiger partial charge is 0.326 e. The number of nitrogens with one attached hydrogen (secondary N) is 1. The molecule has 0 aliphatic carbocycles. The second-order valence-corrected chi connectivity index (χ2v) is 5.65. The molecule has 0 unspecified atom stereocenters. The maximum Gasteiger partial charge on any atom is 0.261 e. The molecule has 2 heterocycles. The highest BCUT2D eigenvalue weighted by Gasteiger charge is 2.34. The van der Waals surface area contributed by atoms with Crippen LogP contribution in [0.3, 0.4) is 0 Å². The van der Waals surface area contributed by atoms with Crippen LogP contribution in [-0.2, 0) is 4.79 Å². The van der Waals surface area contributed by atoms with Gasteiger partial charge in [-0.25, -0.2) is 0 Å². The van der Waals surface area contributed by atoms with Crippen LogP contribution in [0.25, 0.3) is 0 Å². The maximum absolute atomic E-state index is 12.2. The lowest BCUT2D eigenvalue weighted by Crippen LogP contribution is -2.31. The van der Waals surface area contributed by atoms with Crippen LogP contribution in [0.4, 0.5) is 5.69 Å². The summed E-state index contributed by atoms with van der Waals surface area (Å²) in [4.78, 5) is 41.6. The van der Waals surface area contributed by atoms with Gasteiger partial charge in [0.05, 0.1) is 11.1 Å². The Bertz CT molecular complexity index is 782. The second-order valence-electron chi connectivity index (χ2n) is 5.65. The molecule has 0 atom stereocenters. The third-order valence-corrected chi connectivity index (χ3v) is 3.84. The van der Waals surface area contributed by atoms with Crippen LogP contribution in [0.15, 0.2) is 42.6 Å². The van der Waals surface area contributed by atoms with Gasteiger partial charge in [0.15, 0.2) is 0 Å². The summed E-state index contributed by atoms with van der Waals surface area (Å²) in [5.74, 6) is -0.737. The summed E-state index contributed by atoms with van der Waals surface area (Å²) >= 11 is 0. The van der Waals surface area contributed by atoms with E-state index in [0.717, 1.165) is 5.69 Å². The van der Waals surface area contributed by atoms with Crippen molar-refractivity contribution in [2.24, 2.45) is 0 Å². The van der Waals surface area contributed by atoms with Crippen LogP contribution >= 0.6 is 0 Å². The molecule has 0 spiro atoms. The van der Waals surface area contributed by atoms with Gasteiger partial charge < -0.3 is 5.32 Å². The van der Waals surface area contributed by atoms with Crippen LogP contribution in [0.1, 0.15) is 39.3 Å². The molecule has 0 bridgehead atoms. The monoisotopic (exact) mass is 323 g/mol. The number of rotatable bonds is 5. The minimum atomic E-state index is -0.291. The van der Waals surface area contributed by atoms with E-state index < -0.39 is 0 Å². The summed E-state index contributed by atoms with van der Waals surface area (Å²) in [6.45, 7) is 2.08. The molecule has 0 fully saturated rings. The first kappa shape index (κ1) is 15.9. The summed E-state index contributed by atoms with van der Waals surface area (Å²) in [7, 11) is 0. The Labute approximate surface area is 139 Å². The summed E-state index contributed by atoms with van der Waals surface area (Å²) < 4.78 is 0. The number of carbonyl (C=O) groups excluding carboxylic acids is 3. The summed E-state index contributed by atoms with van der Waals surface area (Å²) in [6, 6.07) is 10.3. The fraction of sp³-hybridized carbons (Fsp3) is 0.222. The van der Waals surface area contributed by atoms with Gasteiger partial charge in [-0.2, -0.15) is 0 Å². The van der Waals surface area contributed by atoms with E-state index in [0.29, 0.717) is 23.2 Å². The normalized spacial score (nSPS) is 13.1. The molecule has 1 aromatic heterocycles. The Morgan fingerprint density at radius 2 is 1.79 bits per heavy atom. The van der Waals surface area contributed by atoms with Gasteiger partial charge in [0, 0.05) is 30.5 Å². The lowest BCUT2D eigenvalue weighted by molar-refractivity contribution is -0.116. The minimum Gasteiger partial charge on any atom is -0.326 e. The predicted molar refractivity (Wildman–Crippen MR) is 88.6 cm³/mol. The van der Waals surface area contributed by atoms with Crippen molar-refractivity contribution in [3.8, 4) is 0 Å². The van der Waals surface area contributed by atoms with Gasteiger partial charge >= 0.3 is 0 Å². The zero-order valence-corrected chi connectivity index (χ0v) is 13.3. The molecule has 3 rings (SSSR count). The minimum absolute atomic E-state index is 0.155. The van der Waals surface area contributed by atoms with E-state index in [-0.39, 0.29) is 30.7 Å². The lowest BCUT2D eigenvalue weighted by atomic mass is 10.1. The number of carbonyl (C=O) groups is 3. The highest BCUT2D eigenvalue weighted by molar-refractivity contribution is 6.21. The van der Waals surface area contributed by atoms with E-state index in [1.54, 1.807) is 42.6 Å². The molecular weight excluding hydrogens is 306 g/mol. The van der Waals surface area contributed by atoms with Gasteiger partial charge in [-0.05, 0) is 37.6 Å². The fourth-order valence-electron chi connectivity index (χ4n) is 2.69. The summed E-state index contributed by atoms with van der Waals surface area (Å²) in [5.41, 5.74) is 2.37. The van der Waals surface area contributed by atoms with Gasteiger partial charge in [0.2, 0.25) is 5.91 Å². The molecule has 3 amide bonds. The van der Waals surface area contributed by atoms with E-state index in [4.69, 9.17) is 0 Å². The first-order chi connectivity index (χ1) is 11.6. The van der Waals surface area contributed by atoms with Crippen LogP contribution in [0, 0.1) is 6.92 Å². The molecule has 0 saturated carbocycles. The van der Waals surface area contributed by atoms with Crippen molar-refractivity contribution in [2.45, 2.75) is 19.8 Å². The molecule has 1 aromatic carbocycles. The van der Waals surface area contributed by atoms with Crippen LogP contribution < -0.4 is 5.32 Å². The van der Waals surface area contributed by atoms with E-state index >= 15 is 0 Å². The molecule has 1 aliphatic rings. The van der Waals surface area contributed by atoms with Crippen molar-refractivity contribution in [2.75, 3.05) is 11.9 Å².